The number of aromatic nitrogens is 2. The minimum atomic E-state index is -4.92. The first-order chi connectivity index (χ1) is 20.1. The van der Waals surface area contributed by atoms with Gasteiger partial charge in [-0.15, -0.1) is 0 Å². The molecule has 0 radical (unpaired) electrons. The number of piperazine rings is 1. The molecule has 9 nitrogen and oxygen atoms in total. The summed E-state index contributed by atoms with van der Waals surface area (Å²) in [7, 11) is 0. The molecule has 0 aliphatic carbocycles. The summed E-state index contributed by atoms with van der Waals surface area (Å²) < 4.78 is 45.8. The average molecular weight is 617 g/mol. The molecule has 2 bridgehead atoms. The van der Waals surface area contributed by atoms with Crippen molar-refractivity contribution in [1.29, 1.82) is 0 Å². The van der Waals surface area contributed by atoms with E-state index in [2.05, 4.69) is 20.6 Å². The van der Waals surface area contributed by atoms with Crippen LogP contribution in [-0.2, 0) is 6.18 Å². The Balaban J connectivity index is 1.11. The summed E-state index contributed by atoms with van der Waals surface area (Å²) in [5.74, 6) is -2.27. The number of halogens is 5. The maximum absolute atomic E-state index is 13.6. The number of hydrogen-bond acceptors (Lipinski definition) is 6. The van der Waals surface area contributed by atoms with Crippen molar-refractivity contribution < 1.29 is 27.2 Å². The van der Waals surface area contributed by atoms with Crippen molar-refractivity contribution in [3.05, 3.63) is 88.4 Å². The Morgan fingerprint density at radius 1 is 0.929 bits per heavy atom. The Morgan fingerprint density at radius 3 is 2.29 bits per heavy atom. The highest BCUT2D eigenvalue weighted by Gasteiger charge is 2.46. The summed E-state index contributed by atoms with van der Waals surface area (Å²) in [5, 5.41) is 5.89. The number of hydrogen-bond donors (Lipinski definition) is 2. The van der Waals surface area contributed by atoms with E-state index in [9.17, 15) is 22.8 Å². The third-order valence-electron chi connectivity index (χ3n) is 7.12. The molecule has 2 saturated heterocycles. The number of nitrogens with one attached hydrogen (secondary N) is 2. The fourth-order valence-electron chi connectivity index (χ4n) is 5.18. The van der Waals surface area contributed by atoms with Crippen LogP contribution in [0.5, 0.6) is 0 Å². The Morgan fingerprint density at radius 2 is 1.67 bits per heavy atom. The first-order valence-electron chi connectivity index (χ1n) is 12.8. The third kappa shape index (κ3) is 5.35. The van der Waals surface area contributed by atoms with Crippen LogP contribution in [0.3, 0.4) is 0 Å². The normalized spacial score (nSPS) is 17.9. The molecule has 4 heterocycles. The lowest BCUT2D eigenvalue weighted by molar-refractivity contribution is -0.153. The van der Waals surface area contributed by atoms with Crippen LogP contribution >= 0.6 is 23.2 Å². The number of pyridine rings is 1. The van der Waals surface area contributed by atoms with Crippen molar-refractivity contribution in [1.82, 2.24) is 14.9 Å². The fourth-order valence-corrected chi connectivity index (χ4v) is 5.67. The van der Waals surface area contributed by atoms with Gasteiger partial charge in [0.1, 0.15) is 5.82 Å². The SMILES string of the molecule is O=C(Nc1ccc(N2CC3CC2CN3C(=O)Nc2c(Cl)cccc2Cl)nc1)c1nc(-c2ccccc2)oc1C(F)(F)F. The largest absolute Gasteiger partial charge is 0.452 e. The van der Waals surface area contributed by atoms with Gasteiger partial charge < -0.3 is 24.9 Å². The van der Waals surface area contributed by atoms with Crippen molar-refractivity contribution in [2.45, 2.75) is 24.7 Å². The molecule has 2 aromatic carbocycles. The molecule has 14 heteroatoms. The molecule has 6 rings (SSSR count). The van der Waals surface area contributed by atoms with Gasteiger partial charge in [0.25, 0.3) is 5.91 Å². The van der Waals surface area contributed by atoms with Gasteiger partial charge in [0, 0.05) is 18.7 Å². The van der Waals surface area contributed by atoms with Crippen LogP contribution in [0.4, 0.5) is 35.2 Å². The van der Waals surface area contributed by atoms with Gasteiger partial charge in [-0.05, 0) is 42.8 Å². The second kappa shape index (κ2) is 10.8. The summed E-state index contributed by atoms with van der Waals surface area (Å²) in [6, 6.07) is 15.8. The van der Waals surface area contributed by atoms with E-state index < -0.39 is 23.5 Å². The van der Waals surface area contributed by atoms with Crippen LogP contribution in [0.1, 0.15) is 22.7 Å². The molecule has 216 valence electrons. The quantitative estimate of drug-likeness (QED) is 0.255. The Hall–Kier alpha value is -4.29. The van der Waals surface area contributed by atoms with E-state index in [1.165, 1.54) is 18.3 Å². The lowest BCUT2D eigenvalue weighted by atomic mass is 10.2. The molecule has 0 spiro atoms. The number of fused-ring (bicyclic) bond motifs is 2. The number of benzene rings is 2. The molecule has 2 aliphatic heterocycles. The molecule has 3 amide bonds. The van der Waals surface area contributed by atoms with Crippen LogP contribution in [-0.4, -0.2) is 52.0 Å². The zero-order chi connectivity index (χ0) is 29.6. The molecule has 2 unspecified atom stereocenters. The van der Waals surface area contributed by atoms with Gasteiger partial charge in [0.2, 0.25) is 11.7 Å². The molecule has 2 aromatic heterocycles. The summed E-state index contributed by atoms with van der Waals surface area (Å²) >= 11 is 12.4. The van der Waals surface area contributed by atoms with Gasteiger partial charge in [-0.1, -0.05) is 47.5 Å². The van der Waals surface area contributed by atoms with Crippen molar-refractivity contribution in [2.24, 2.45) is 0 Å². The minimum absolute atomic E-state index is 0.0105. The smallest absolute Gasteiger partial charge is 0.431 e. The number of rotatable bonds is 5. The maximum Gasteiger partial charge on any atom is 0.452 e. The number of nitrogens with zero attached hydrogens (tertiary/aromatic N) is 4. The number of oxazole rings is 1. The number of carbonyl (C=O) groups excluding carboxylic acids is 2. The Kier molecular flexibility index (Phi) is 7.19. The second-order valence-electron chi connectivity index (χ2n) is 9.79. The Labute approximate surface area is 247 Å². The highest BCUT2D eigenvalue weighted by Crippen LogP contribution is 2.37. The van der Waals surface area contributed by atoms with E-state index >= 15 is 0 Å². The molecule has 4 aromatic rings. The number of carbonyl (C=O) groups is 2. The van der Waals surface area contributed by atoms with E-state index in [0.717, 1.165) is 6.42 Å². The molecular formula is C28H21Cl2F3N6O3. The fraction of sp³-hybridized carbons (Fsp3) is 0.214. The van der Waals surface area contributed by atoms with Crippen LogP contribution in [0, 0.1) is 0 Å². The van der Waals surface area contributed by atoms with Crippen molar-refractivity contribution >= 4 is 52.3 Å². The molecule has 2 fully saturated rings. The molecule has 0 saturated carbocycles. The highest BCUT2D eigenvalue weighted by molar-refractivity contribution is 6.39. The zero-order valence-corrected chi connectivity index (χ0v) is 23.0. The third-order valence-corrected chi connectivity index (χ3v) is 7.75. The van der Waals surface area contributed by atoms with E-state index in [-0.39, 0.29) is 29.7 Å². The summed E-state index contributed by atoms with van der Waals surface area (Å²) in [4.78, 5) is 37.7. The van der Waals surface area contributed by atoms with Gasteiger partial charge >= 0.3 is 12.2 Å². The molecule has 2 atom stereocenters. The minimum Gasteiger partial charge on any atom is -0.431 e. The summed E-state index contributed by atoms with van der Waals surface area (Å²) in [6.45, 7) is 0.984. The van der Waals surface area contributed by atoms with E-state index in [4.69, 9.17) is 27.6 Å². The van der Waals surface area contributed by atoms with Crippen LogP contribution < -0.4 is 15.5 Å². The van der Waals surface area contributed by atoms with Gasteiger partial charge in [-0.2, -0.15) is 13.2 Å². The summed E-state index contributed by atoms with van der Waals surface area (Å²) in [6.07, 6.45) is -2.83. The first kappa shape index (κ1) is 27.9. The van der Waals surface area contributed by atoms with Gasteiger partial charge in [0.05, 0.1) is 39.7 Å². The molecule has 42 heavy (non-hydrogen) atoms. The lowest BCUT2D eigenvalue weighted by Crippen LogP contribution is -2.50. The number of amides is 3. The lowest BCUT2D eigenvalue weighted by Gasteiger charge is -2.35. The standard InChI is InChI=1S/C28H21Cl2F3N6O3/c29-19-7-4-8-20(30)22(19)37-27(41)39-14-17-11-18(39)13-38(17)21-10-9-16(12-34-21)35-25(40)23-24(28(31,32)33)42-26(36-23)15-5-2-1-3-6-15/h1-10,12,17-18H,11,13-14H2,(H,35,40)(H,37,41). The van der Waals surface area contributed by atoms with Crippen molar-refractivity contribution in [3.63, 3.8) is 0 Å². The van der Waals surface area contributed by atoms with Crippen LogP contribution in [0.25, 0.3) is 11.5 Å². The molecule has 2 aliphatic rings. The summed E-state index contributed by atoms with van der Waals surface area (Å²) in [5.41, 5.74) is -0.0347. The number of anilines is 3. The predicted molar refractivity (Wildman–Crippen MR) is 151 cm³/mol. The average Bonchev–Trinajstić information content (AvgIpc) is 3.71. The monoisotopic (exact) mass is 616 g/mol. The number of likely N-dealkylation sites (tertiary alicyclic amines) is 1. The zero-order valence-electron chi connectivity index (χ0n) is 21.5. The van der Waals surface area contributed by atoms with Crippen LogP contribution in [0.2, 0.25) is 10.0 Å². The van der Waals surface area contributed by atoms with E-state index in [1.807, 2.05) is 4.90 Å². The van der Waals surface area contributed by atoms with E-state index in [1.54, 1.807) is 53.4 Å². The second-order valence-corrected chi connectivity index (χ2v) is 10.6. The Bertz CT molecular complexity index is 1630. The highest BCUT2D eigenvalue weighted by atomic mass is 35.5. The topological polar surface area (TPSA) is 104 Å². The maximum atomic E-state index is 13.6. The van der Waals surface area contributed by atoms with Crippen molar-refractivity contribution in [2.75, 3.05) is 28.6 Å². The van der Waals surface area contributed by atoms with Gasteiger partial charge in [-0.3, -0.25) is 4.79 Å². The molecular weight excluding hydrogens is 596 g/mol. The number of urea groups is 1. The van der Waals surface area contributed by atoms with Gasteiger partial charge in [0.15, 0.2) is 5.69 Å². The number of alkyl halides is 3. The van der Waals surface area contributed by atoms with E-state index in [0.29, 0.717) is 40.2 Å². The predicted octanol–water partition coefficient (Wildman–Crippen LogP) is 6.81. The van der Waals surface area contributed by atoms with Gasteiger partial charge in [-0.25, -0.2) is 14.8 Å². The first-order valence-corrected chi connectivity index (χ1v) is 13.5. The van der Waals surface area contributed by atoms with Crippen LogP contribution in [0.15, 0.2) is 71.3 Å². The number of para-hydroxylation sites is 1. The molecule has 2 N–H and O–H groups in total. The van der Waals surface area contributed by atoms with Crippen molar-refractivity contribution in [3.8, 4) is 11.5 Å².